The van der Waals surface area contributed by atoms with Crippen LogP contribution >= 0.6 is 11.8 Å². The minimum Gasteiger partial charge on any atom is -0.497 e. The van der Waals surface area contributed by atoms with E-state index in [4.69, 9.17) is 9.15 Å². The molecule has 9 heteroatoms. The second-order valence-electron chi connectivity index (χ2n) is 8.14. The number of carbonyl (C=O) groups is 1. The van der Waals surface area contributed by atoms with Gasteiger partial charge in [0, 0.05) is 37.8 Å². The van der Waals surface area contributed by atoms with Gasteiger partial charge in [-0.15, -0.1) is 10.2 Å². The first-order valence-electron chi connectivity index (χ1n) is 11.0. The predicted molar refractivity (Wildman–Crippen MR) is 122 cm³/mol. The Kier molecular flexibility index (Phi) is 6.07. The summed E-state index contributed by atoms with van der Waals surface area (Å²) in [5.74, 6) is 3.71. The molecular weight excluding hydrogens is 426 g/mol. The molecule has 1 saturated heterocycles. The first-order valence-corrected chi connectivity index (χ1v) is 11.9. The van der Waals surface area contributed by atoms with E-state index in [1.807, 2.05) is 29.2 Å². The van der Waals surface area contributed by atoms with E-state index < -0.39 is 0 Å². The van der Waals surface area contributed by atoms with Crippen LogP contribution in [-0.2, 0) is 11.3 Å². The maximum atomic E-state index is 12.9. The minimum absolute atomic E-state index is 0.143. The van der Waals surface area contributed by atoms with E-state index in [2.05, 4.69) is 31.8 Å². The molecule has 1 aliphatic heterocycles. The molecule has 0 spiro atoms. The summed E-state index contributed by atoms with van der Waals surface area (Å²) in [7, 11) is 1.67. The molecule has 2 aromatic heterocycles. The Labute approximate surface area is 191 Å². The maximum Gasteiger partial charge on any atom is 0.233 e. The highest BCUT2D eigenvalue weighted by molar-refractivity contribution is 7.99. The van der Waals surface area contributed by atoms with Crippen molar-refractivity contribution in [3.63, 3.8) is 0 Å². The Balaban J connectivity index is 1.17. The number of benzene rings is 1. The van der Waals surface area contributed by atoms with Crippen molar-refractivity contribution in [1.29, 1.82) is 0 Å². The SMILES string of the molecule is COc1ccc(N2CCN(C(=O)CSc3nnc(C4CC4)n3Cc3ccco3)CC2)cc1. The van der Waals surface area contributed by atoms with Gasteiger partial charge in [0.05, 0.1) is 25.7 Å². The van der Waals surface area contributed by atoms with Crippen molar-refractivity contribution in [3.8, 4) is 5.75 Å². The van der Waals surface area contributed by atoms with E-state index in [0.717, 1.165) is 67.2 Å². The maximum absolute atomic E-state index is 12.9. The Morgan fingerprint density at radius 2 is 1.91 bits per heavy atom. The number of anilines is 1. The molecule has 3 heterocycles. The molecule has 32 heavy (non-hydrogen) atoms. The molecule has 1 aromatic carbocycles. The van der Waals surface area contributed by atoms with Crippen LogP contribution in [0.4, 0.5) is 5.69 Å². The fraction of sp³-hybridized carbons (Fsp3) is 0.435. The zero-order valence-electron chi connectivity index (χ0n) is 18.1. The molecule has 2 aliphatic rings. The summed E-state index contributed by atoms with van der Waals surface area (Å²) in [6.45, 7) is 3.69. The Morgan fingerprint density at radius 1 is 1.12 bits per heavy atom. The molecule has 0 N–H and O–H groups in total. The van der Waals surface area contributed by atoms with Gasteiger partial charge in [-0.05, 0) is 49.2 Å². The lowest BCUT2D eigenvalue weighted by Gasteiger charge is -2.36. The van der Waals surface area contributed by atoms with E-state index >= 15 is 0 Å². The Bertz CT molecular complexity index is 1040. The van der Waals surface area contributed by atoms with E-state index in [-0.39, 0.29) is 5.91 Å². The van der Waals surface area contributed by atoms with Crippen LogP contribution in [0.2, 0.25) is 0 Å². The third-order valence-electron chi connectivity index (χ3n) is 5.98. The molecule has 5 rings (SSSR count). The number of hydrogen-bond acceptors (Lipinski definition) is 7. The highest BCUT2D eigenvalue weighted by Gasteiger charge is 2.31. The van der Waals surface area contributed by atoms with E-state index in [9.17, 15) is 4.79 Å². The molecule has 8 nitrogen and oxygen atoms in total. The predicted octanol–water partition coefficient (Wildman–Crippen LogP) is 3.25. The van der Waals surface area contributed by atoms with Crippen LogP contribution in [0, 0.1) is 0 Å². The highest BCUT2D eigenvalue weighted by Crippen LogP contribution is 2.40. The number of piperazine rings is 1. The average molecular weight is 454 g/mol. The molecule has 0 unspecified atom stereocenters. The summed E-state index contributed by atoms with van der Waals surface area (Å²) in [6.07, 6.45) is 3.98. The zero-order valence-corrected chi connectivity index (χ0v) is 19.0. The first kappa shape index (κ1) is 20.9. The van der Waals surface area contributed by atoms with Gasteiger partial charge in [0.15, 0.2) is 5.16 Å². The van der Waals surface area contributed by atoms with Crippen molar-refractivity contribution in [2.45, 2.75) is 30.5 Å². The molecular formula is C23H27N5O3S. The molecule has 1 aliphatic carbocycles. The number of rotatable bonds is 8. The second kappa shape index (κ2) is 9.28. The van der Waals surface area contributed by atoms with Gasteiger partial charge in [-0.25, -0.2) is 0 Å². The van der Waals surface area contributed by atoms with Gasteiger partial charge in [-0.3, -0.25) is 9.36 Å². The molecule has 0 atom stereocenters. The van der Waals surface area contributed by atoms with Gasteiger partial charge in [-0.2, -0.15) is 0 Å². The Morgan fingerprint density at radius 3 is 2.56 bits per heavy atom. The molecule has 1 saturated carbocycles. The van der Waals surface area contributed by atoms with Gasteiger partial charge in [0.2, 0.25) is 5.91 Å². The van der Waals surface area contributed by atoms with Gasteiger partial charge in [0.25, 0.3) is 0 Å². The molecule has 1 amide bonds. The number of nitrogens with zero attached hydrogens (tertiary/aromatic N) is 5. The molecule has 168 valence electrons. The number of hydrogen-bond donors (Lipinski definition) is 0. The standard InChI is InChI=1S/C23H27N5O3S/c1-30-19-8-6-18(7-9-19)26-10-12-27(13-11-26)21(29)16-32-23-25-24-22(17-4-5-17)28(23)15-20-3-2-14-31-20/h2-3,6-9,14,17H,4-5,10-13,15-16H2,1H3. The number of aromatic nitrogens is 3. The number of amides is 1. The first-order chi connectivity index (χ1) is 15.7. The van der Waals surface area contributed by atoms with Gasteiger partial charge in [-0.1, -0.05) is 11.8 Å². The number of methoxy groups -OCH3 is 1. The van der Waals surface area contributed by atoms with Crippen LogP contribution in [0.3, 0.4) is 0 Å². The monoisotopic (exact) mass is 453 g/mol. The molecule has 0 radical (unpaired) electrons. The quantitative estimate of drug-likeness (QED) is 0.485. The number of furan rings is 1. The van der Waals surface area contributed by atoms with E-state index in [0.29, 0.717) is 18.2 Å². The normalized spacial score (nSPS) is 16.4. The topological polar surface area (TPSA) is 76.6 Å². The van der Waals surface area contributed by atoms with Gasteiger partial charge < -0.3 is 19.0 Å². The minimum atomic E-state index is 0.143. The lowest BCUT2D eigenvalue weighted by atomic mass is 10.2. The van der Waals surface area contributed by atoms with Crippen molar-refractivity contribution in [2.75, 3.05) is 43.9 Å². The summed E-state index contributed by atoms with van der Waals surface area (Å²) >= 11 is 1.47. The summed E-state index contributed by atoms with van der Waals surface area (Å²) in [4.78, 5) is 17.1. The summed E-state index contributed by atoms with van der Waals surface area (Å²) in [5.41, 5.74) is 1.16. The third kappa shape index (κ3) is 4.62. The van der Waals surface area contributed by atoms with Gasteiger partial charge >= 0.3 is 0 Å². The summed E-state index contributed by atoms with van der Waals surface area (Å²) < 4.78 is 12.9. The zero-order chi connectivity index (χ0) is 21.9. The van der Waals surface area contributed by atoms with Crippen LogP contribution in [0.5, 0.6) is 5.75 Å². The fourth-order valence-corrected chi connectivity index (χ4v) is 4.83. The van der Waals surface area contributed by atoms with Crippen LogP contribution in [0.15, 0.2) is 52.2 Å². The second-order valence-corrected chi connectivity index (χ2v) is 9.08. The fourth-order valence-electron chi connectivity index (χ4n) is 3.98. The van der Waals surface area contributed by atoms with Crippen molar-refractivity contribution >= 4 is 23.4 Å². The van der Waals surface area contributed by atoms with E-state index in [1.165, 1.54) is 11.8 Å². The largest absolute Gasteiger partial charge is 0.497 e. The lowest BCUT2D eigenvalue weighted by molar-refractivity contribution is -0.128. The van der Waals surface area contributed by atoms with Crippen molar-refractivity contribution in [1.82, 2.24) is 19.7 Å². The van der Waals surface area contributed by atoms with Crippen molar-refractivity contribution < 1.29 is 13.9 Å². The summed E-state index contributed by atoms with van der Waals surface area (Å²) in [6, 6.07) is 11.9. The van der Waals surface area contributed by atoms with Crippen LogP contribution in [0.1, 0.15) is 30.3 Å². The van der Waals surface area contributed by atoms with Gasteiger partial charge in [0.1, 0.15) is 17.3 Å². The van der Waals surface area contributed by atoms with Crippen LogP contribution in [-0.4, -0.2) is 64.6 Å². The number of thioether (sulfide) groups is 1. The number of ether oxygens (including phenoxy) is 1. The Hall–Kier alpha value is -2.94. The molecule has 2 fully saturated rings. The average Bonchev–Trinajstić information content (AvgIpc) is 3.40. The molecule has 0 bridgehead atoms. The van der Waals surface area contributed by atoms with Crippen molar-refractivity contribution in [2.24, 2.45) is 0 Å². The lowest BCUT2D eigenvalue weighted by Crippen LogP contribution is -2.49. The van der Waals surface area contributed by atoms with Crippen LogP contribution in [0.25, 0.3) is 0 Å². The van der Waals surface area contributed by atoms with Crippen molar-refractivity contribution in [3.05, 3.63) is 54.2 Å². The van der Waals surface area contributed by atoms with E-state index in [1.54, 1.807) is 13.4 Å². The highest BCUT2D eigenvalue weighted by atomic mass is 32.2. The smallest absolute Gasteiger partial charge is 0.233 e. The summed E-state index contributed by atoms with van der Waals surface area (Å²) in [5, 5.41) is 9.59. The number of carbonyl (C=O) groups excluding carboxylic acids is 1. The third-order valence-corrected chi connectivity index (χ3v) is 6.93. The molecule has 3 aromatic rings. The van der Waals surface area contributed by atoms with Crippen LogP contribution < -0.4 is 9.64 Å².